The van der Waals surface area contributed by atoms with Crippen LogP contribution in [0.15, 0.2) is 12.2 Å². The fourth-order valence-electron chi connectivity index (χ4n) is 2.45. The second-order valence-electron chi connectivity index (χ2n) is 5.21. The van der Waals surface area contributed by atoms with Gasteiger partial charge in [0.2, 0.25) is 5.91 Å². The fraction of sp³-hybridized carbons (Fsp3) is 0.786. The van der Waals surface area contributed by atoms with Gasteiger partial charge < -0.3 is 4.90 Å². The van der Waals surface area contributed by atoms with Crippen molar-refractivity contribution in [2.45, 2.75) is 45.4 Å². The smallest absolute Gasteiger partial charge is 0.226 e. The van der Waals surface area contributed by atoms with Crippen molar-refractivity contribution in [3.8, 4) is 0 Å². The first-order chi connectivity index (χ1) is 7.81. The van der Waals surface area contributed by atoms with Crippen molar-refractivity contribution in [2.24, 2.45) is 11.8 Å². The number of amides is 1. The zero-order chi connectivity index (χ0) is 11.4. The first-order valence-corrected chi connectivity index (χ1v) is 6.75. The van der Waals surface area contributed by atoms with Crippen molar-refractivity contribution < 1.29 is 4.79 Å². The molecule has 0 aromatic rings. The summed E-state index contributed by atoms with van der Waals surface area (Å²) < 4.78 is 0. The Kier molecular flexibility index (Phi) is 4.03. The maximum atomic E-state index is 12.3. The van der Waals surface area contributed by atoms with Crippen LogP contribution in [0.25, 0.3) is 0 Å². The lowest BCUT2D eigenvalue weighted by Crippen LogP contribution is -2.38. The highest BCUT2D eigenvalue weighted by molar-refractivity contribution is 5.79. The van der Waals surface area contributed by atoms with E-state index >= 15 is 0 Å². The molecule has 1 fully saturated rings. The van der Waals surface area contributed by atoms with Gasteiger partial charge in [-0.15, -0.1) is 0 Å². The number of hydrogen-bond acceptors (Lipinski definition) is 1. The van der Waals surface area contributed by atoms with Crippen LogP contribution in [0.2, 0.25) is 0 Å². The van der Waals surface area contributed by atoms with Gasteiger partial charge in [0.1, 0.15) is 0 Å². The summed E-state index contributed by atoms with van der Waals surface area (Å²) in [7, 11) is 0. The molecule has 0 aliphatic heterocycles. The van der Waals surface area contributed by atoms with Crippen LogP contribution in [0.1, 0.15) is 45.4 Å². The standard InChI is InChI=1S/C14H23NO/c1-2-10-15(11-12-8-9-12)14(16)13-6-4-3-5-7-13/h3-4,12-13H,2,5-11H2,1H3. The maximum absolute atomic E-state index is 12.3. The molecular formula is C14H23NO. The second-order valence-corrected chi connectivity index (χ2v) is 5.21. The topological polar surface area (TPSA) is 20.3 Å². The Morgan fingerprint density at radius 3 is 2.69 bits per heavy atom. The lowest BCUT2D eigenvalue weighted by Gasteiger charge is -2.27. The molecular weight excluding hydrogens is 198 g/mol. The van der Waals surface area contributed by atoms with Crippen molar-refractivity contribution in [2.75, 3.05) is 13.1 Å². The summed E-state index contributed by atoms with van der Waals surface area (Å²) in [6, 6.07) is 0. The zero-order valence-electron chi connectivity index (χ0n) is 10.3. The lowest BCUT2D eigenvalue weighted by atomic mass is 9.93. The average molecular weight is 221 g/mol. The predicted octanol–water partition coefficient (Wildman–Crippen LogP) is 2.99. The first-order valence-electron chi connectivity index (χ1n) is 6.75. The van der Waals surface area contributed by atoms with Gasteiger partial charge in [0.25, 0.3) is 0 Å². The third-order valence-electron chi connectivity index (χ3n) is 3.60. The molecule has 0 aromatic carbocycles. The van der Waals surface area contributed by atoms with Gasteiger partial charge in [-0.3, -0.25) is 4.79 Å². The highest BCUT2D eigenvalue weighted by Crippen LogP contribution is 2.31. The number of rotatable bonds is 5. The zero-order valence-corrected chi connectivity index (χ0v) is 10.3. The van der Waals surface area contributed by atoms with E-state index in [1.807, 2.05) is 0 Å². The number of carbonyl (C=O) groups is 1. The highest BCUT2D eigenvalue weighted by Gasteiger charge is 2.29. The van der Waals surface area contributed by atoms with Gasteiger partial charge >= 0.3 is 0 Å². The van der Waals surface area contributed by atoms with E-state index < -0.39 is 0 Å². The molecule has 0 aromatic heterocycles. The summed E-state index contributed by atoms with van der Waals surface area (Å²) in [4.78, 5) is 14.5. The minimum Gasteiger partial charge on any atom is -0.342 e. The molecule has 0 saturated heterocycles. The number of hydrogen-bond donors (Lipinski definition) is 0. The van der Waals surface area contributed by atoms with E-state index in [1.165, 1.54) is 12.8 Å². The predicted molar refractivity (Wildman–Crippen MR) is 66.1 cm³/mol. The monoisotopic (exact) mass is 221 g/mol. The molecule has 1 atom stereocenters. The van der Waals surface area contributed by atoms with E-state index in [0.717, 1.165) is 44.7 Å². The summed E-state index contributed by atoms with van der Waals surface area (Å²) in [5.74, 6) is 1.50. The van der Waals surface area contributed by atoms with Crippen molar-refractivity contribution in [1.82, 2.24) is 4.90 Å². The Hall–Kier alpha value is -0.790. The molecule has 0 bridgehead atoms. The van der Waals surface area contributed by atoms with Crippen LogP contribution in [0.3, 0.4) is 0 Å². The molecule has 0 radical (unpaired) electrons. The molecule has 1 saturated carbocycles. The number of carbonyl (C=O) groups excluding carboxylic acids is 1. The Morgan fingerprint density at radius 1 is 1.31 bits per heavy atom. The summed E-state index contributed by atoms with van der Waals surface area (Å²) in [6.07, 6.45) is 11.2. The maximum Gasteiger partial charge on any atom is 0.226 e. The van der Waals surface area contributed by atoms with E-state index in [1.54, 1.807) is 0 Å². The SMILES string of the molecule is CCCN(CC1CC1)C(=O)C1CC=CCC1. The first kappa shape index (κ1) is 11.7. The molecule has 0 heterocycles. The van der Waals surface area contributed by atoms with Crippen LogP contribution in [-0.2, 0) is 4.79 Å². The highest BCUT2D eigenvalue weighted by atomic mass is 16.2. The Balaban J connectivity index is 1.89. The summed E-state index contributed by atoms with van der Waals surface area (Å²) in [5, 5.41) is 0. The van der Waals surface area contributed by atoms with Crippen LogP contribution >= 0.6 is 0 Å². The van der Waals surface area contributed by atoms with E-state index in [4.69, 9.17) is 0 Å². The number of nitrogens with zero attached hydrogens (tertiary/aromatic N) is 1. The Morgan fingerprint density at radius 2 is 2.12 bits per heavy atom. The molecule has 16 heavy (non-hydrogen) atoms. The van der Waals surface area contributed by atoms with E-state index in [-0.39, 0.29) is 5.92 Å². The summed E-state index contributed by atoms with van der Waals surface area (Å²) in [6.45, 7) is 4.14. The van der Waals surface area contributed by atoms with Gasteiger partial charge in [0, 0.05) is 19.0 Å². The van der Waals surface area contributed by atoms with E-state index in [9.17, 15) is 4.79 Å². The van der Waals surface area contributed by atoms with Crippen LogP contribution in [0, 0.1) is 11.8 Å². The van der Waals surface area contributed by atoms with Gasteiger partial charge in [-0.25, -0.2) is 0 Å². The largest absolute Gasteiger partial charge is 0.342 e. The van der Waals surface area contributed by atoms with Crippen LogP contribution in [-0.4, -0.2) is 23.9 Å². The molecule has 2 nitrogen and oxygen atoms in total. The minimum atomic E-state index is 0.273. The Labute approximate surface area is 98.7 Å². The number of allylic oxidation sites excluding steroid dienone is 2. The van der Waals surface area contributed by atoms with Crippen molar-refractivity contribution >= 4 is 5.91 Å². The van der Waals surface area contributed by atoms with Crippen molar-refractivity contribution in [3.05, 3.63) is 12.2 Å². The molecule has 2 aliphatic rings. The normalized spacial score (nSPS) is 24.4. The second kappa shape index (κ2) is 5.51. The van der Waals surface area contributed by atoms with E-state index in [2.05, 4.69) is 24.0 Å². The van der Waals surface area contributed by atoms with Gasteiger partial charge in [-0.05, 0) is 44.4 Å². The summed E-state index contributed by atoms with van der Waals surface area (Å²) >= 11 is 0. The third kappa shape index (κ3) is 3.10. The molecule has 2 rings (SSSR count). The molecule has 2 heteroatoms. The molecule has 0 spiro atoms. The van der Waals surface area contributed by atoms with Gasteiger partial charge in [0.05, 0.1) is 0 Å². The van der Waals surface area contributed by atoms with Gasteiger partial charge in [-0.2, -0.15) is 0 Å². The molecule has 1 amide bonds. The van der Waals surface area contributed by atoms with Crippen LogP contribution in [0.4, 0.5) is 0 Å². The molecule has 0 N–H and O–H groups in total. The molecule has 2 aliphatic carbocycles. The average Bonchev–Trinajstić information content (AvgIpc) is 3.13. The van der Waals surface area contributed by atoms with E-state index in [0.29, 0.717) is 5.91 Å². The minimum absolute atomic E-state index is 0.273. The third-order valence-corrected chi connectivity index (χ3v) is 3.60. The lowest BCUT2D eigenvalue weighted by molar-refractivity contribution is -0.136. The van der Waals surface area contributed by atoms with Crippen molar-refractivity contribution in [3.63, 3.8) is 0 Å². The molecule has 90 valence electrons. The molecule has 1 unspecified atom stereocenters. The van der Waals surface area contributed by atoms with Crippen LogP contribution in [0.5, 0.6) is 0 Å². The van der Waals surface area contributed by atoms with Gasteiger partial charge in [-0.1, -0.05) is 19.1 Å². The fourth-order valence-corrected chi connectivity index (χ4v) is 2.45. The Bertz CT molecular complexity index is 268. The van der Waals surface area contributed by atoms with Crippen LogP contribution < -0.4 is 0 Å². The van der Waals surface area contributed by atoms with Gasteiger partial charge in [0.15, 0.2) is 0 Å². The van der Waals surface area contributed by atoms with Crippen molar-refractivity contribution in [1.29, 1.82) is 0 Å². The summed E-state index contributed by atoms with van der Waals surface area (Å²) in [5.41, 5.74) is 0. The quantitative estimate of drug-likeness (QED) is 0.654.